The molecule has 0 spiro atoms. The van der Waals surface area contributed by atoms with Crippen molar-refractivity contribution in [3.8, 4) is 17.3 Å². The van der Waals surface area contributed by atoms with Crippen LogP contribution in [0.15, 0.2) is 76.6 Å². The van der Waals surface area contributed by atoms with Crippen molar-refractivity contribution in [1.29, 1.82) is 0 Å². The molecule has 0 unspecified atom stereocenters. The number of thiazole rings is 1. The van der Waals surface area contributed by atoms with Gasteiger partial charge in [-0.05, 0) is 60.2 Å². The molecule has 5 rings (SSSR count). The molecule has 3 aromatic heterocycles. The number of nitrogens with one attached hydrogen (secondary N) is 1. The summed E-state index contributed by atoms with van der Waals surface area (Å²) >= 11 is 14.5. The van der Waals surface area contributed by atoms with Crippen molar-refractivity contribution in [3.63, 3.8) is 0 Å². The summed E-state index contributed by atoms with van der Waals surface area (Å²) < 4.78 is 46.5. The SMILES string of the molecule is O=C(CSc1nnc(-c2ccco2)n1-c1ccc(Cl)cc1)Nc1ncc(Cc2cc(C(F)(F)F)ccc2Cl)s1. The first kappa shape index (κ1) is 27.3. The third-order valence-corrected chi connectivity index (χ3v) is 7.79. The normalized spacial score (nSPS) is 11.6. The summed E-state index contributed by atoms with van der Waals surface area (Å²) in [7, 11) is 0. The van der Waals surface area contributed by atoms with E-state index < -0.39 is 11.7 Å². The molecule has 14 heteroatoms. The van der Waals surface area contributed by atoms with Gasteiger partial charge in [-0.1, -0.05) is 35.0 Å². The van der Waals surface area contributed by atoms with E-state index in [0.29, 0.717) is 37.3 Å². The fourth-order valence-corrected chi connectivity index (χ4v) is 5.47. The lowest BCUT2D eigenvalue weighted by molar-refractivity contribution is -0.137. The molecule has 3 heterocycles. The fourth-order valence-electron chi connectivity index (χ4n) is 3.56. The minimum absolute atomic E-state index is 0.00174. The van der Waals surface area contributed by atoms with Crippen LogP contribution in [-0.2, 0) is 17.4 Å². The quantitative estimate of drug-likeness (QED) is 0.182. The molecule has 0 bridgehead atoms. The molecule has 2 aromatic carbocycles. The summed E-state index contributed by atoms with van der Waals surface area (Å²) in [5, 5.41) is 12.7. The number of halogens is 5. The lowest BCUT2D eigenvalue weighted by atomic mass is 10.1. The first-order chi connectivity index (χ1) is 18.7. The second-order valence-electron chi connectivity index (χ2n) is 8.04. The van der Waals surface area contributed by atoms with Crippen LogP contribution < -0.4 is 5.32 Å². The standard InChI is InChI=1S/C25H16Cl2F3N5O2S2/c26-16-4-6-17(7-5-16)35-22(20-2-1-9-37-20)33-34-24(35)38-13-21(36)32-23-31-12-18(39-23)11-14-10-15(25(28,29)30)3-8-19(14)27/h1-10,12H,11,13H2,(H,31,32,36). The van der Waals surface area contributed by atoms with Gasteiger partial charge in [-0.3, -0.25) is 9.36 Å². The molecule has 0 saturated carbocycles. The van der Waals surface area contributed by atoms with E-state index in [4.69, 9.17) is 27.6 Å². The van der Waals surface area contributed by atoms with Gasteiger partial charge < -0.3 is 9.73 Å². The highest BCUT2D eigenvalue weighted by atomic mass is 35.5. The molecule has 200 valence electrons. The molecule has 0 aliphatic carbocycles. The maximum absolute atomic E-state index is 13.1. The number of alkyl halides is 3. The summed E-state index contributed by atoms with van der Waals surface area (Å²) in [6, 6.07) is 13.7. The van der Waals surface area contributed by atoms with Gasteiger partial charge in [0, 0.05) is 33.2 Å². The minimum Gasteiger partial charge on any atom is -0.461 e. The number of aromatic nitrogens is 4. The number of rotatable bonds is 8. The lowest BCUT2D eigenvalue weighted by Gasteiger charge is -2.09. The second-order valence-corrected chi connectivity index (χ2v) is 10.9. The smallest absolute Gasteiger partial charge is 0.416 e. The monoisotopic (exact) mass is 609 g/mol. The number of benzene rings is 2. The van der Waals surface area contributed by atoms with Crippen molar-refractivity contribution in [2.24, 2.45) is 0 Å². The summed E-state index contributed by atoms with van der Waals surface area (Å²) in [6.07, 6.45) is -1.30. The Hall–Kier alpha value is -3.32. The average molecular weight is 610 g/mol. The maximum Gasteiger partial charge on any atom is 0.416 e. The van der Waals surface area contributed by atoms with Crippen LogP contribution in [0.1, 0.15) is 16.0 Å². The van der Waals surface area contributed by atoms with E-state index >= 15 is 0 Å². The predicted octanol–water partition coefficient (Wildman–Crippen LogP) is 7.63. The Kier molecular flexibility index (Phi) is 7.98. The molecule has 7 nitrogen and oxygen atoms in total. The first-order valence-electron chi connectivity index (χ1n) is 11.2. The first-order valence-corrected chi connectivity index (χ1v) is 13.7. The zero-order valence-corrected chi connectivity index (χ0v) is 22.7. The van der Waals surface area contributed by atoms with Crippen molar-refractivity contribution in [2.45, 2.75) is 17.8 Å². The average Bonchev–Trinajstić information content (AvgIpc) is 3.65. The van der Waals surface area contributed by atoms with E-state index in [2.05, 4.69) is 20.5 Å². The van der Waals surface area contributed by atoms with Crippen LogP contribution >= 0.6 is 46.3 Å². The van der Waals surface area contributed by atoms with Crippen molar-refractivity contribution in [1.82, 2.24) is 19.7 Å². The van der Waals surface area contributed by atoms with Gasteiger partial charge in [0.25, 0.3) is 0 Å². The Morgan fingerprint density at radius 3 is 2.62 bits per heavy atom. The number of carbonyl (C=O) groups is 1. The number of furan rings is 1. The van der Waals surface area contributed by atoms with Crippen molar-refractivity contribution in [2.75, 3.05) is 11.1 Å². The molecule has 5 aromatic rings. The van der Waals surface area contributed by atoms with E-state index in [-0.39, 0.29) is 23.1 Å². The molecule has 0 radical (unpaired) electrons. The Morgan fingerprint density at radius 2 is 1.90 bits per heavy atom. The molecule has 0 saturated heterocycles. The topological polar surface area (TPSA) is 85.8 Å². The predicted molar refractivity (Wildman–Crippen MR) is 145 cm³/mol. The van der Waals surface area contributed by atoms with E-state index in [1.165, 1.54) is 18.5 Å². The van der Waals surface area contributed by atoms with Gasteiger partial charge in [0.05, 0.1) is 17.6 Å². The van der Waals surface area contributed by atoms with E-state index in [9.17, 15) is 18.0 Å². The van der Waals surface area contributed by atoms with Gasteiger partial charge in [0.15, 0.2) is 16.0 Å². The molecule has 1 amide bonds. The van der Waals surface area contributed by atoms with Crippen LogP contribution in [0.4, 0.5) is 18.3 Å². The molecule has 39 heavy (non-hydrogen) atoms. The molecular formula is C25H16Cl2F3N5O2S2. The number of hydrogen-bond acceptors (Lipinski definition) is 7. The molecule has 1 N–H and O–H groups in total. The highest BCUT2D eigenvalue weighted by molar-refractivity contribution is 7.99. The van der Waals surface area contributed by atoms with Crippen molar-refractivity contribution >= 4 is 57.3 Å². The molecular weight excluding hydrogens is 594 g/mol. The van der Waals surface area contributed by atoms with E-state index in [0.717, 1.165) is 40.9 Å². The van der Waals surface area contributed by atoms with E-state index in [1.54, 1.807) is 41.0 Å². The molecule has 0 aliphatic rings. The van der Waals surface area contributed by atoms with Gasteiger partial charge in [-0.25, -0.2) is 4.98 Å². The summed E-state index contributed by atoms with van der Waals surface area (Å²) in [5.41, 5.74) is 0.271. The van der Waals surface area contributed by atoms with Crippen molar-refractivity contribution < 1.29 is 22.4 Å². The Morgan fingerprint density at radius 1 is 1.10 bits per heavy atom. The third kappa shape index (κ3) is 6.47. The van der Waals surface area contributed by atoms with Gasteiger partial charge in [-0.2, -0.15) is 13.2 Å². The summed E-state index contributed by atoms with van der Waals surface area (Å²) in [4.78, 5) is 17.5. The Balaban J connectivity index is 1.26. The third-order valence-electron chi connectivity index (χ3n) is 5.33. The molecule has 0 aliphatic heterocycles. The van der Waals surface area contributed by atoms with Crippen molar-refractivity contribution in [3.05, 3.63) is 93.1 Å². The van der Waals surface area contributed by atoms with Gasteiger partial charge in [0.1, 0.15) is 0 Å². The fraction of sp³-hybridized carbons (Fsp3) is 0.120. The second kappa shape index (κ2) is 11.4. The number of thioether (sulfide) groups is 1. The van der Waals surface area contributed by atoms with Gasteiger partial charge in [0.2, 0.25) is 11.7 Å². The highest BCUT2D eigenvalue weighted by Crippen LogP contribution is 2.34. The van der Waals surface area contributed by atoms with Crippen LogP contribution in [-0.4, -0.2) is 31.4 Å². The number of amides is 1. The van der Waals surface area contributed by atoms with Crippen LogP contribution in [0, 0.1) is 0 Å². The van der Waals surface area contributed by atoms with Crippen LogP contribution in [0.5, 0.6) is 0 Å². The van der Waals surface area contributed by atoms with Gasteiger partial charge in [-0.15, -0.1) is 21.5 Å². The summed E-state index contributed by atoms with van der Waals surface area (Å²) in [5.74, 6) is 0.620. The zero-order chi connectivity index (χ0) is 27.6. The number of nitrogens with zero attached hydrogens (tertiary/aromatic N) is 4. The van der Waals surface area contributed by atoms with Crippen LogP contribution in [0.2, 0.25) is 10.0 Å². The largest absolute Gasteiger partial charge is 0.461 e. The number of anilines is 1. The zero-order valence-electron chi connectivity index (χ0n) is 19.6. The van der Waals surface area contributed by atoms with Gasteiger partial charge >= 0.3 is 6.18 Å². The van der Waals surface area contributed by atoms with Crippen LogP contribution in [0.3, 0.4) is 0 Å². The maximum atomic E-state index is 13.1. The molecule has 0 fully saturated rings. The Labute approximate surface area is 238 Å². The minimum atomic E-state index is -4.47. The molecule has 0 atom stereocenters. The lowest BCUT2D eigenvalue weighted by Crippen LogP contribution is -2.14. The van der Waals surface area contributed by atoms with Crippen LogP contribution in [0.25, 0.3) is 17.3 Å². The highest BCUT2D eigenvalue weighted by Gasteiger charge is 2.31. The van der Waals surface area contributed by atoms with E-state index in [1.807, 2.05) is 0 Å². The summed E-state index contributed by atoms with van der Waals surface area (Å²) in [6.45, 7) is 0. The number of carbonyl (C=O) groups excluding carboxylic acids is 1. The Bertz CT molecular complexity index is 1600. The number of hydrogen-bond donors (Lipinski definition) is 1.